The Morgan fingerprint density at radius 2 is 2.07 bits per heavy atom. The van der Waals surface area contributed by atoms with E-state index in [0.29, 0.717) is 12.0 Å². The monoisotopic (exact) mass is 215 g/mol. The average Bonchev–Trinajstić information content (AvgIpc) is 2.17. The summed E-state index contributed by atoms with van der Waals surface area (Å²) in [6.45, 7) is 0.158. The van der Waals surface area contributed by atoms with E-state index in [4.69, 9.17) is 0 Å². The molecule has 0 heterocycles. The lowest BCUT2D eigenvalue weighted by atomic mass is 10.1. The minimum absolute atomic E-state index is 0.158. The summed E-state index contributed by atoms with van der Waals surface area (Å²) in [6.07, 6.45) is -2.69. The van der Waals surface area contributed by atoms with Gasteiger partial charge in [0.15, 0.2) is 0 Å². The van der Waals surface area contributed by atoms with Crippen LogP contribution in [-0.2, 0) is 17.4 Å². The predicted octanol–water partition coefficient (Wildman–Crippen LogP) is 2.58. The molecule has 0 aliphatic heterocycles. The average molecular weight is 215 g/mol. The molecule has 0 spiro atoms. The molecule has 0 saturated heterocycles. The van der Waals surface area contributed by atoms with Crippen LogP contribution in [-0.4, -0.2) is 12.6 Å². The number of aliphatic imine (C=N–C) groups is 1. The molecule has 1 rings (SSSR count). The highest BCUT2D eigenvalue weighted by molar-refractivity contribution is 5.33. The Balaban J connectivity index is 2.79. The minimum Gasteiger partial charge on any atom is -0.211 e. The number of hydrogen-bond acceptors (Lipinski definition) is 2. The van der Waals surface area contributed by atoms with E-state index in [1.54, 1.807) is 6.07 Å². The van der Waals surface area contributed by atoms with Gasteiger partial charge in [-0.2, -0.15) is 13.2 Å². The third kappa shape index (κ3) is 3.56. The molecule has 1 aromatic carbocycles. The maximum absolute atomic E-state index is 12.3. The van der Waals surface area contributed by atoms with Gasteiger partial charge in [0.1, 0.15) is 0 Å². The number of alkyl halides is 3. The quantitative estimate of drug-likeness (QED) is 0.562. The van der Waals surface area contributed by atoms with Gasteiger partial charge in [0.05, 0.1) is 12.1 Å². The van der Waals surface area contributed by atoms with Crippen molar-refractivity contribution >= 4 is 6.08 Å². The smallest absolute Gasteiger partial charge is 0.211 e. The molecule has 0 atom stereocenters. The van der Waals surface area contributed by atoms with Gasteiger partial charge in [-0.15, -0.1) is 0 Å². The summed E-state index contributed by atoms with van der Waals surface area (Å²) in [7, 11) is 0. The maximum Gasteiger partial charge on any atom is 0.416 e. The highest BCUT2D eigenvalue weighted by Gasteiger charge is 2.30. The lowest BCUT2D eigenvalue weighted by Crippen LogP contribution is -2.05. The van der Waals surface area contributed by atoms with Crippen LogP contribution in [0.2, 0.25) is 0 Å². The van der Waals surface area contributed by atoms with Crippen LogP contribution in [0.4, 0.5) is 13.2 Å². The lowest BCUT2D eigenvalue weighted by Gasteiger charge is -2.07. The zero-order valence-electron chi connectivity index (χ0n) is 7.71. The standard InChI is InChI=1S/C10H8F3NO/c11-10(12,13)9-3-1-2-8(6-9)4-5-14-7-15/h1-3,6H,4-5H2. The first-order valence-electron chi connectivity index (χ1n) is 4.24. The molecule has 0 aliphatic carbocycles. The van der Waals surface area contributed by atoms with Crippen LogP contribution < -0.4 is 0 Å². The first-order chi connectivity index (χ1) is 7.04. The molecule has 1 aromatic rings. The zero-order valence-corrected chi connectivity index (χ0v) is 7.71. The molecule has 0 saturated carbocycles. The molecule has 0 unspecified atom stereocenters. The molecule has 0 N–H and O–H groups in total. The Labute approximate surface area is 84.4 Å². The Morgan fingerprint density at radius 1 is 1.33 bits per heavy atom. The molecule has 0 amide bonds. The van der Waals surface area contributed by atoms with Crippen molar-refractivity contribution in [1.29, 1.82) is 0 Å². The molecule has 0 bridgehead atoms. The van der Waals surface area contributed by atoms with Crippen molar-refractivity contribution in [2.45, 2.75) is 12.6 Å². The first-order valence-corrected chi connectivity index (χ1v) is 4.24. The number of rotatable bonds is 3. The van der Waals surface area contributed by atoms with Gasteiger partial charge in [-0.1, -0.05) is 18.2 Å². The van der Waals surface area contributed by atoms with Crippen LogP contribution in [0.3, 0.4) is 0 Å². The Morgan fingerprint density at radius 3 is 2.67 bits per heavy atom. The van der Waals surface area contributed by atoms with Crippen LogP contribution in [0.1, 0.15) is 11.1 Å². The van der Waals surface area contributed by atoms with Crippen molar-refractivity contribution in [2.75, 3.05) is 6.54 Å². The molecule has 5 heteroatoms. The van der Waals surface area contributed by atoms with Crippen LogP contribution in [0.25, 0.3) is 0 Å². The van der Waals surface area contributed by atoms with Gasteiger partial charge >= 0.3 is 6.18 Å². The Kier molecular flexibility index (Phi) is 3.63. The van der Waals surface area contributed by atoms with Crippen LogP contribution >= 0.6 is 0 Å². The molecular formula is C10H8F3NO. The van der Waals surface area contributed by atoms with Crippen LogP contribution in [0.15, 0.2) is 29.3 Å². The van der Waals surface area contributed by atoms with Gasteiger partial charge in [-0.3, -0.25) is 0 Å². The lowest BCUT2D eigenvalue weighted by molar-refractivity contribution is -0.137. The van der Waals surface area contributed by atoms with E-state index in [1.165, 1.54) is 12.1 Å². The minimum atomic E-state index is -4.33. The number of halogens is 3. The molecule has 0 fully saturated rings. The fourth-order valence-electron chi connectivity index (χ4n) is 1.13. The van der Waals surface area contributed by atoms with Gasteiger partial charge < -0.3 is 0 Å². The molecule has 0 radical (unpaired) electrons. The highest BCUT2D eigenvalue weighted by atomic mass is 19.4. The number of hydrogen-bond donors (Lipinski definition) is 0. The highest BCUT2D eigenvalue weighted by Crippen LogP contribution is 2.29. The second-order valence-electron chi connectivity index (χ2n) is 2.92. The van der Waals surface area contributed by atoms with Crippen molar-refractivity contribution in [3.8, 4) is 0 Å². The first kappa shape index (κ1) is 11.5. The maximum atomic E-state index is 12.3. The summed E-state index contributed by atoms with van der Waals surface area (Å²) in [4.78, 5) is 13.0. The third-order valence-corrected chi connectivity index (χ3v) is 1.83. The fraction of sp³-hybridized carbons (Fsp3) is 0.300. The summed E-state index contributed by atoms with van der Waals surface area (Å²) in [5, 5.41) is 0. The molecule has 0 aromatic heterocycles. The van der Waals surface area contributed by atoms with Crippen molar-refractivity contribution in [3.05, 3.63) is 35.4 Å². The van der Waals surface area contributed by atoms with Gasteiger partial charge in [-0.05, 0) is 18.1 Å². The number of isocyanates is 1. The van der Waals surface area contributed by atoms with E-state index in [-0.39, 0.29) is 6.54 Å². The van der Waals surface area contributed by atoms with Crippen molar-refractivity contribution in [3.63, 3.8) is 0 Å². The molecule has 80 valence electrons. The molecule has 2 nitrogen and oxygen atoms in total. The van der Waals surface area contributed by atoms with Crippen molar-refractivity contribution in [2.24, 2.45) is 4.99 Å². The van der Waals surface area contributed by atoms with E-state index < -0.39 is 11.7 Å². The number of benzene rings is 1. The summed E-state index contributed by atoms with van der Waals surface area (Å²) in [5.41, 5.74) is -0.182. The van der Waals surface area contributed by atoms with E-state index >= 15 is 0 Å². The third-order valence-electron chi connectivity index (χ3n) is 1.83. The Bertz CT molecular complexity index is 380. The largest absolute Gasteiger partial charge is 0.416 e. The van der Waals surface area contributed by atoms with Crippen LogP contribution in [0, 0.1) is 0 Å². The van der Waals surface area contributed by atoms with E-state index in [0.717, 1.165) is 12.1 Å². The SMILES string of the molecule is O=C=NCCc1cccc(C(F)(F)F)c1. The number of nitrogens with zero attached hydrogens (tertiary/aromatic N) is 1. The van der Waals surface area contributed by atoms with Crippen molar-refractivity contribution in [1.82, 2.24) is 0 Å². The summed E-state index contributed by atoms with van der Waals surface area (Å²) >= 11 is 0. The second-order valence-corrected chi connectivity index (χ2v) is 2.92. The van der Waals surface area contributed by atoms with E-state index in [9.17, 15) is 18.0 Å². The predicted molar refractivity (Wildman–Crippen MR) is 48.1 cm³/mol. The zero-order chi connectivity index (χ0) is 11.3. The van der Waals surface area contributed by atoms with Gasteiger partial charge in [0.25, 0.3) is 0 Å². The van der Waals surface area contributed by atoms with Gasteiger partial charge in [0, 0.05) is 0 Å². The molecular weight excluding hydrogens is 207 g/mol. The normalized spacial score (nSPS) is 10.9. The second kappa shape index (κ2) is 4.75. The summed E-state index contributed by atoms with van der Waals surface area (Å²) in [5.74, 6) is 0. The molecule has 0 aliphatic rings. The summed E-state index contributed by atoms with van der Waals surface area (Å²) < 4.78 is 36.8. The van der Waals surface area contributed by atoms with Gasteiger partial charge in [-0.25, -0.2) is 9.79 Å². The topological polar surface area (TPSA) is 29.4 Å². The van der Waals surface area contributed by atoms with Crippen molar-refractivity contribution < 1.29 is 18.0 Å². The van der Waals surface area contributed by atoms with E-state index in [1.807, 2.05) is 0 Å². The fourth-order valence-corrected chi connectivity index (χ4v) is 1.13. The number of carbonyl (C=O) groups excluding carboxylic acids is 1. The Hall–Kier alpha value is -1.61. The molecule has 15 heavy (non-hydrogen) atoms. The van der Waals surface area contributed by atoms with Crippen LogP contribution in [0.5, 0.6) is 0 Å². The summed E-state index contributed by atoms with van der Waals surface area (Å²) in [6, 6.07) is 4.96. The van der Waals surface area contributed by atoms with Gasteiger partial charge in [0.2, 0.25) is 6.08 Å². The van der Waals surface area contributed by atoms with E-state index in [2.05, 4.69) is 4.99 Å².